The number of hydroxylamine groups is 1. The van der Waals surface area contributed by atoms with Gasteiger partial charge in [0.1, 0.15) is 11.5 Å². The summed E-state index contributed by atoms with van der Waals surface area (Å²) in [5.41, 5.74) is 3.40. The molecule has 0 spiro atoms. The van der Waals surface area contributed by atoms with Gasteiger partial charge in [0.15, 0.2) is 0 Å². The highest BCUT2D eigenvalue weighted by Gasteiger charge is 2.15. The number of rotatable bonds is 10. The Hall–Kier alpha value is -2.12. The topological polar surface area (TPSA) is 80.7 Å². The largest absolute Gasteiger partial charge is 0.496 e. The Kier molecular flexibility index (Phi) is 7.69. The molecule has 2 rings (SSSR count). The number of aromatic nitrogens is 1. The molecule has 1 aromatic heterocycles. The number of thiazole rings is 1. The molecule has 1 amide bonds. The Morgan fingerprint density at radius 2 is 1.84 bits per heavy atom. The molecule has 2 N–H and O–H groups in total. The van der Waals surface area contributed by atoms with Crippen molar-refractivity contribution in [1.29, 1.82) is 0 Å². The van der Waals surface area contributed by atoms with Crippen molar-refractivity contribution in [3.63, 3.8) is 0 Å². The van der Waals surface area contributed by atoms with Crippen molar-refractivity contribution >= 4 is 17.2 Å². The summed E-state index contributed by atoms with van der Waals surface area (Å²) in [6.07, 6.45) is 5.09. The molecule has 0 fully saturated rings. The van der Waals surface area contributed by atoms with E-state index >= 15 is 0 Å². The fourth-order valence-corrected chi connectivity index (χ4v) is 3.45. The van der Waals surface area contributed by atoms with E-state index in [2.05, 4.69) is 0 Å². The van der Waals surface area contributed by atoms with E-state index in [1.54, 1.807) is 31.0 Å². The lowest BCUT2D eigenvalue weighted by Crippen LogP contribution is -2.17. The normalized spacial score (nSPS) is 10.5. The van der Waals surface area contributed by atoms with Gasteiger partial charge in [-0.3, -0.25) is 10.0 Å². The number of carbonyl (C=O) groups is 1. The second kappa shape index (κ2) is 10.0. The van der Waals surface area contributed by atoms with Gasteiger partial charge in [0.25, 0.3) is 0 Å². The fraction of sp³-hybridized carbons (Fsp3) is 0.444. The first kappa shape index (κ1) is 19.2. The molecule has 2 aromatic rings. The molecule has 0 atom stereocenters. The molecule has 0 radical (unpaired) electrons. The van der Waals surface area contributed by atoms with Crippen LogP contribution in [-0.2, 0) is 11.2 Å². The number of hydrogen-bond donors (Lipinski definition) is 2. The smallest absolute Gasteiger partial charge is 0.243 e. The molecule has 136 valence electrons. The van der Waals surface area contributed by atoms with Crippen molar-refractivity contribution in [2.45, 2.75) is 38.5 Å². The Bertz CT molecular complexity index is 665. The van der Waals surface area contributed by atoms with Crippen molar-refractivity contribution in [3.05, 3.63) is 28.6 Å². The van der Waals surface area contributed by atoms with Gasteiger partial charge in [0, 0.05) is 11.8 Å². The summed E-state index contributed by atoms with van der Waals surface area (Å²) >= 11 is 1.64. The Morgan fingerprint density at radius 3 is 2.48 bits per heavy atom. The second-order valence-corrected chi connectivity index (χ2v) is 6.56. The van der Waals surface area contributed by atoms with E-state index < -0.39 is 0 Å². The van der Waals surface area contributed by atoms with Gasteiger partial charge in [-0.2, -0.15) is 0 Å². The number of carbonyl (C=O) groups excluding carboxylic acids is 1. The molecule has 0 aliphatic carbocycles. The number of ether oxygens (including phenoxy) is 2. The molecule has 6 nitrogen and oxygen atoms in total. The van der Waals surface area contributed by atoms with Crippen LogP contribution in [-0.4, -0.2) is 30.3 Å². The van der Waals surface area contributed by atoms with Gasteiger partial charge in [-0.25, -0.2) is 10.5 Å². The maximum absolute atomic E-state index is 10.9. The summed E-state index contributed by atoms with van der Waals surface area (Å²) in [5, 5.41) is 11.5. The molecular weight excluding hydrogens is 340 g/mol. The van der Waals surface area contributed by atoms with Crippen LogP contribution in [0, 0.1) is 0 Å². The van der Waals surface area contributed by atoms with E-state index in [9.17, 15) is 4.79 Å². The van der Waals surface area contributed by atoms with E-state index in [4.69, 9.17) is 19.7 Å². The highest BCUT2D eigenvalue weighted by Crippen LogP contribution is 2.38. The number of nitrogens with one attached hydrogen (secondary N) is 1. The van der Waals surface area contributed by atoms with Gasteiger partial charge < -0.3 is 9.47 Å². The lowest BCUT2D eigenvalue weighted by Gasteiger charge is -2.10. The number of benzene rings is 1. The van der Waals surface area contributed by atoms with Gasteiger partial charge in [-0.1, -0.05) is 18.9 Å². The molecule has 25 heavy (non-hydrogen) atoms. The van der Waals surface area contributed by atoms with Crippen molar-refractivity contribution < 1.29 is 19.5 Å². The summed E-state index contributed by atoms with van der Waals surface area (Å²) in [5.74, 6) is 1.17. The summed E-state index contributed by atoms with van der Waals surface area (Å²) in [4.78, 5) is 15.6. The van der Waals surface area contributed by atoms with Crippen molar-refractivity contribution in [1.82, 2.24) is 10.5 Å². The molecule has 0 aliphatic heterocycles. The predicted octanol–water partition coefficient (Wildman–Crippen LogP) is 3.83. The van der Waals surface area contributed by atoms with Gasteiger partial charge in [-0.05, 0) is 31.4 Å². The molecule has 0 saturated heterocycles. The minimum absolute atomic E-state index is 0.324. The number of aryl methyl sites for hydroxylation is 1. The highest BCUT2D eigenvalue weighted by molar-refractivity contribution is 7.09. The molecule has 1 aromatic carbocycles. The van der Waals surface area contributed by atoms with Crippen molar-refractivity contribution in [2.24, 2.45) is 0 Å². The first-order valence-corrected chi connectivity index (χ1v) is 9.16. The molecule has 0 aliphatic rings. The zero-order valence-corrected chi connectivity index (χ0v) is 15.4. The van der Waals surface area contributed by atoms with E-state index in [1.165, 1.54) is 0 Å². The van der Waals surface area contributed by atoms with Gasteiger partial charge in [-0.15, -0.1) is 11.3 Å². The molecular formula is C18H24N2O4S. The number of hydrogen-bond acceptors (Lipinski definition) is 6. The number of unbranched alkanes of at least 4 members (excludes halogenated alkanes) is 3. The molecule has 7 heteroatoms. The number of amides is 1. The second-order valence-electron chi connectivity index (χ2n) is 5.61. The SMILES string of the molecule is COc1cccc(OC)c1-c1csc(CCCCCCC(=O)NO)n1. The molecule has 0 saturated carbocycles. The van der Waals surface area contributed by atoms with Crippen molar-refractivity contribution in [3.8, 4) is 22.8 Å². The number of methoxy groups -OCH3 is 2. The lowest BCUT2D eigenvalue weighted by atomic mass is 10.1. The first-order chi connectivity index (χ1) is 12.2. The maximum Gasteiger partial charge on any atom is 0.243 e. The number of nitrogens with zero attached hydrogens (tertiary/aromatic N) is 1. The average molecular weight is 364 g/mol. The maximum atomic E-state index is 10.9. The average Bonchev–Trinajstić information content (AvgIpc) is 3.11. The Morgan fingerprint density at radius 1 is 1.16 bits per heavy atom. The lowest BCUT2D eigenvalue weighted by molar-refractivity contribution is -0.129. The Balaban J connectivity index is 1.90. The van der Waals surface area contributed by atoms with Gasteiger partial charge in [0.2, 0.25) is 5.91 Å². The standard InChI is InChI=1S/C18H24N2O4S/c1-23-14-8-7-9-15(24-2)18(14)13-12-25-17(19-13)11-6-4-3-5-10-16(21)20-22/h7-9,12,22H,3-6,10-11H2,1-2H3,(H,20,21). The molecule has 1 heterocycles. The van der Waals surface area contributed by atoms with Gasteiger partial charge >= 0.3 is 0 Å². The zero-order valence-electron chi connectivity index (χ0n) is 14.6. The monoisotopic (exact) mass is 364 g/mol. The van der Waals surface area contributed by atoms with Crippen LogP contribution in [0.5, 0.6) is 11.5 Å². The van der Waals surface area contributed by atoms with Crippen LogP contribution in [0.15, 0.2) is 23.6 Å². The minimum atomic E-state index is -0.324. The van der Waals surface area contributed by atoms with E-state index in [0.717, 1.165) is 59.9 Å². The van der Waals surface area contributed by atoms with Crippen LogP contribution in [0.25, 0.3) is 11.3 Å². The van der Waals surface area contributed by atoms with E-state index in [0.29, 0.717) is 6.42 Å². The summed E-state index contributed by atoms with van der Waals surface area (Å²) in [6, 6.07) is 5.70. The van der Waals surface area contributed by atoms with Crippen LogP contribution in [0.3, 0.4) is 0 Å². The molecule has 0 unspecified atom stereocenters. The van der Waals surface area contributed by atoms with Gasteiger partial charge in [0.05, 0.1) is 30.5 Å². The molecule has 0 bridgehead atoms. The van der Waals surface area contributed by atoms with Crippen LogP contribution in [0.1, 0.15) is 37.1 Å². The summed E-state index contributed by atoms with van der Waals surface area (Å²) in [6.45, 7) is 0. The quantitative estimate of drug-likeness (QED) is 0.380. The van der Waals surface area contributed by atoms with E-state index in [1.807, 2.05) is 23.6 Å². The van der Waals surface area contributed by atoms with Crippen LogP contribution in [0.2, 0.25) is 0 Å². The zero-order chi connectivity index (χ0) is 18.1. The summed E-state index contributed by atoms with van der Waals surface area (Å²) in [7, 11) is 3.28. The third kappa shape index (κ3) is 5.44. The third-order valence-corrected chi connectivity index (χ3v) is 4.81. The van der Waals surface area contributed by atoms with E-state index in [-0.39, 0.29) is 5.91 Å². The third-order valence-electron chi connectivity index (χ3n) is 3.90. The fourth-order valence-electron chi connectivity index (χ4n) is 2.62. The minimum Gasteiger partial charge on any atom is -0.496 e. The van der Waals surface area contributed by atoms with Crippen LogP contribution < -0.4 is 15.0 Å². The van der Waals surface area contributed by atoms with Crippen LogP contribution in [0.4, 0.5) is 0 Å². The summed E-state index contributed by atoms with van der Waals surface area (Å²) < 4.78 is 10.9. The first-order valence-electron chi connectivity index (χ1n) is 8.28. The predicted molar refractivity (Wildman–Crippen MR) is 97.4 cm³/mol. The Labute approximate surface area is 151 Å². The van der Waals surface area contributed by atoms with Crippen LogP contribution >= 0.6 is 11.3 Å². The van der Waals surface area contributed by atoms with Crippen molar-refractivity contribution in [2.75, 3.05) is 14.2 Å². The highest BCUT2D eigenvalue weighted by atomic mass is 32.1.